The fourth-order valence-corrected chi connectivity index (χ4v) is 1.38. The Hall–Kier alpha value is -0.215. The van der Waals surface area contributed by atoms with Crippen LogP contribution in [0.25, 0.3) is 0 Å². The average molecular weight is 140 g/mol. The minimum atomic E-state index is 0.580. The molecule has 1 heterocycles. The molecule has 0 amide bonds. The van der Waals surface area contributed by atoms with Crippen LogP contribution in [0.4, 0.5) is 0 Å². The summed E-state index contributed by atoms with van der Waals surface area (Å²) < 4.78 is 10.1. The van der Waals surface area contributed by atoms with E-state index in [4.69, 9.17) is 5.73 Å². The Morgan fingerprint density at radius 2 is 2.50 bits per heavy atom. The predicted octanol–water partition coefficient (Wildman–Crippen LogP) is -0.726. The van der Waals surface area contributed by atoms with Crippen LogP contribution in [-0.2, 0) is 4.70 Å². The van der Waals surface area contributed by atoms with Crippen molar-refractivity contribution >= 4 is 7.15 Å². The number of hydrogen-bond donors (Lipinski definition) is 1. The van der Waals surface area contributed by atoms with E-state index in [1.54, 1.807) is 0 Å². The monoisotopic (exact) mass is 140 g/mol. The molecule has 2 N–H and O–H groups in total. The van der Waals surface area contributed by atoms with Gasteiger partial charge in [0.05, 0.1) is 0 Å². The van der Waals surface area contributed by atoms with Gasteiger partial charge in [0.1, 0.15) is 0 Å². The fraction of sp³-hybridized carbons (Fsp3) is 1.00. The van der Waals surface area contributed by atoms with E-state index in [-0.39, 0.29) is 0 Å². The van der Waals surface area contributed by atoms with Crippen molar-refractivity contribution in [1.29, 1.82) is 0 Å². The van der Waals surface area contributed by atoms with E-state index in [0.717, 1.165) is 33.2 Å². The van der Waals surface area contributed by atoms with Crippen molar-refractivity contribution in [2.24, 2.45) is 11.7 Å². The molecule has 1 aliphatic rings. The summed E-state index contributed by atoms with van der Waals surface area (Å²) in [5, 5.41) is 0. The predicted molar refractivity (Wildman–Crippen MR) is 40.0 cm³/mol. The topological polar surface area (TPSA) is 46.3 Å². The second kappa shape index (κ2) is 3.83. The van der Waals surface area contributed by atoms with Crippen LogP contribution in [0, 0.1) is 5.92 Å². The van der Waals surface area contributed by atoms with Crippen LogP contribution in [-0.4, -0.2) is 38.1 Å². The number of rotatable bonds is 3. The van der Waals surface area contributed by atoms with Gasteiger partial charge in [0.2, 0.25) is 0 Å². The normalized spacial score (nSPS) is 26.7. The Morgan fingerprint density at radius 3 is 3.00 bits per heavy atom. The van der Waals surface area contributed by atoms with Gasteiger partial charge in [-0.15, -0.1) is 0 Å². The van der Waals surface area contributed by atoms with E-state index < -0.39 is 0 Å². The third-order valence-electron chi connectivity index (χ3n) is 2.04. The first-order valence-corrected chi connectivity index (χ1v) is 3.73. The molecule has 0 bridgehead atoms. The summed E-state index contributed by atoms with van der Waals surface area (Å²) in [5.41, 5.74) is 5.48. The van der Waals surface area contributed by atoms with Crippen molar-refractivity contribution in [3.8, 4) is 0 Å². The zero-order valence-corrected chi connectivity index (χ0v) is 6.12. The molecular formula is C6H13BN2O. The van der Waals surface area contributed by atoms with E-state index in [1.807, 2.05) is 0 Å². The molecule has 0 aromatic rings. The second-order valence-corrected chi connectivity index (χ2v) is 2.82. The van der Waals surface area contributed by atoms with Crippen LogP contribution in [0.5, 0.6) is 0 Å². The third kappa shape index (κ3) is 1.89. The molecule has 1 unspecified atom stereocenters. The Kier molecular flexibility index (Phi) is 3.02. The van der Waals surface area contributed by atoms with Gasteiger partial charge in [-0.25, -0.2) is 0 Å². The maximum atomic E-state index is 10.1. The van der Waals surface area contributed by atoms with Gasteiger partial charge in [0.25, 0.3) is 0 Å². The Labute approximate surface area is 61.8 Å². The maximum absolute atomic E-state index is 10.1. The molecule has 1 rings (SSSR count). The van der Waals surface area contributed by atoms with E-state index in [2.05, 4.69) is 4.90 Å². The summed E-state index contributed by atoms with van der Waals surface area (Å²) in [6.45, 7) is 2.81. The average Bonchev–Trinajstić information content (AvgIpc) is 2.37. The first kappa shape index (κ1) is 7.89. The minimum absolute atomic E-state index is 0.580. The van der Waals surface area contributed by atoms with Crippen LogP contribution in [0.3, 0.4) is 0 Å². The first-order valence-electron chi connectivity index (χ1n) is 3.73. The number of likely N-dealkylation sites (tertiary alicyclic amines) is 1. The van der Waals surface area contributed by atoms with Crippen molar-refractivity contribution in [2.45, 2.75) is 6.42 Å². The molecule has 10 heavy (non-hydrogen) atoms. The molecule has 0 aliphatic carbocycles. The molecule has 0 saturated carbocycles. The molecule has 0 radical (unpaired) electrons. The molecular weight excluding hydrogens is 127 g/mol. The first-order chi connectivity index (χ1) is 4.86. The Morgan fingerprint density at radius 1 is 1.70 bits per heavy atom. The molecule has 3 nitrogen and oxygen atoms in total. The van der Waals surface area contributed by atoms with Crippen molar-refractivity contribution in [2.75, 3.05) is 26.1 Å². The van der Waals surface area contributed by atoms with Gasteiger partial charge in [-0.05, 0) is 0 Å². The second-order valence-electron chi connectivity index (χ2n) is 2.82. The summed E-state index contributed by atoms with van der Waals surface area (Å²) in [4.78, 5) is 2.14. The zero-order chi connectivity index (χ0) is 7.40. The number of nitrogens with two attached hydrogens (primary N) is 1. The fourth-order valence-electron chi connectivity index (χ4n) is 1.38. The van der Waals surface area contributed by atoms with Crippen LogP contribution >= 0.6 is 0 Å². The van der Waals surface area contributed by atoms with Crippen LogP contribution in [0.2, 0.25) is 0 Å². The van der Waals surface area contributed by atoms with Crippen molar-refractivity contribution in [3.05, 3.63) is 0 Å². The molecule has 0 aromatic heterocycles. The van der Waals surface area contributed by atoms with E-state index in [0.29, 0.717) is 12.4 Å². The summed E-state index contributed by atoms with van der Waals surface area (Å²) in [6.07, 6.45) is 1.74. The SMILES string of the molecule is NCC1CCN(CB=O)C1. The third-order valence-corrected chi connectivity index (χ3v) is 2.04. The van der Waals surface area contributed by atoms with Gasteiger partial charge in [-0.1, -0.05) is 0 Å². The quantitative estimate of drug-likeness (QED) is 0.526. The van der Waals surface area contributed by atoms with Crippen molar-refractivity contribution in [3.63, 3.8) is 0 Å². The van der Waals surface area contributed by atoms with E-state index in [9.17, 15) is 4.70 Å². The van der Waals surface area contributed by atoms with Gasteiger partial charge in [-0.3, -0.25) is 0 Å². The van der Waals surface area contributed by atoms with Crippen molar-refractivity contribution in [1.82, 2.24) is 4.90 Å². The molecule has 0 aromatic carbocycles. The summed E-state index contributed by atoms with van der Waals surface area (Å²) in [5.74, 6) is 0.625. The molecule has 1 atom stereocenters. The molecule has 1 saturated heterocycles. The molecule has 56 valence electrons. The van der Waals surface area contributed by atoms with E-state index >= 15 is 0 Å². The molecule has 4 heteroatoms. The standard InChI is InChI=1S/C6H13BN2O/c8-3-6-1-2-9(4-6)5-7-10/h6H,1-5,8H2. The van der Waals surface area contributed by atoms with Crippen LogP contribution in [0.15, 0.2) is 0 Å². The zero-order valence-electron chi connectivity index (χ0n) is 6.12. The summed E-state index contributed by atoms with van der Waals surface area (Å²) in [6, 6.07) is 0. The van der Waals surface area contributed by atoms with Crippen molar-refractivity contribution < 1.29 is 4.70 Å². The van der Waals surface area contributed by atoms with Gasteiger partial charge in [-0.2, -0.15) is 0 Å². The summed E-state index contributed by atoms with van der Waals surface area (Å²) in [7, 11) is 0.957. The van der Waals surface area contributed by atoms with Gasteiger partial charge >= 0.3 is 60.9 Å². The Bertz CT molecular complexity index is 120. The van der Waals surface area contributed by atoms with Crippen LogP contribution in [0.1, 0.15) is 6.42 Å². The van der Waals surface area contributed by atoms with Gasteiger partial charge in [0.15, 0.2) is 0 Å². The van der Waals surface area contributed by atoms with Crippen LogP contribution < -0.4 is 5.73 Å². The van der Waals surface area contributed by atoms with Gasteiger partial charge < -0.3 is 0 Å². The number of hydrogen-bond acceptors (Lipinski definition) is 3. The molecule has 1 fully saturated rings. The van der Waals surface area contributed by atoms with Gasteiger partial charge in [0, 0.05) is 0 Å². The molecule has 0 spiro atoms. The molecule has 1 aliphatic heterocycles. The summed E-state index contributed by atoms with van der Waals surface area (Å²) >= 11 is 0. The number of nitrogens with zero attached hydrogens (tertiary/aromatic N) is 1. The van der Waals surface area contributed by atoms with E-state index in [1.165, 1.54) is 0 Å². The Balaban J connectivity index is 2.21.